The van der Waals surface area contributed by atoms with E-state index in [9.17, 15) is 9.90 Å². The molecule has 1 amide bonds. The lowest BCUT2D eigenvalue weighted by molar-refractivity contribution is 0.0946. The highest BCUT2D eigenvalue weighted by molar-refractivity contribution is 5.91. The zero-order valence-electron chi connectivity index (χ0n) is 10.2. The van der Waals surface area contributed by atoms with E-state index in [0.29, 0.717) is 12.2 Å². The van der Waals surface area contributed by atoms with Crippen LogP contribution in [-0.2, 0) is 0 Å². The van der Waals surface area contributed by atoms with E-state index in [1.165, 1.54) is 6.33 Å². The number of hydrogen-bond donors (Lipinski definition) is 2. The molecule has 1 fully saturated rings. The van der Waals surface area contributed by atoms with E-state index >= 15 is 0 Å². The second-order valence-corrected chi connectivity index (χ2v) is 4.45. The normalized spacial score (nSPS) is 19.9. The molecule has 1 unspecified atom stereocenters. The van der Waals surface area contributed by atoms with Gasteiger partial charge in [0.25, 0.3) is 5.91 Å². The molecule has 18 heavy (non-hydrogen) atoms. The van der Waals surface area contributed by atoms with Gasteiger partial charge in [0.1, 0.15) is 12.0 Å². The number of β-amino-alcohol motifs (C(OH)–C–C–N with tert-alkyl or cyclic N) is 1. The van der Waals surface area contributed by atoms with Crippen LogP contribution in [0.15, 0.2) is 18.6 Å². The van der Waals surface area contributed by atoms with Gasteiger partial charge in [0.15, 0.2) is 0 Å². The van der Waals surface area contributed by atoms with Crippen molar-refractivity contribution in [2.75, 3.05) is 26.2 Å². The van der Waals surface area contributed by atoms with Gasteiger partial charge in [-0.05, 0) is 25.5 Å². The summed E-state index contributed by atoms with van der Waals surface area (Å²) in [6, 6.07) is 1.59. The number of aromatic nitrogens is 2. The molecule has 98 valence electrons. The van der Waals surface area contributed by atoms with Crippen LogP contribution in [0.25, 0.3) is 0 Å². The van der Waals surface area contributed by atoms with Gasteiger partial charge < -0.3 is 15.3 Å². The molecule has 6 heteroatoms. The molecule has 2 rings (SSSR count). The third-order valence-corrected chi connectivity index (χ3v) is 3.00. The van der Waals surface area contributed by atoms with E-state index in [2.05, 4.69) is 20.2 Å². The van der Waals surface area contributed by atoms with Crippen LogP contribution < -0.4 is 5.32 Å². The van der Waals surface area contributed by atoms with Crippen molar-refractivity contribution in [3.8, 4) is 0 Å². The van der Waals surface area contributed by atoms with Crippen LogP contribution in [-0.4, -0.2) is 58.2 Å². The Morgan fingerprint density at radius 1 is 1.61 bits per heavy atom. The fourth-order valence-corrected chi connectivity index (χ4v) is 2.04. The van der Waals surface area contributed by atoms with Gasteiger partial charge in [-0.3, -0.25) is 4.79 Å². The zero-order chi connectivity index (χ0) is 12.8. The first-order chi connectivity index (χ1) is 8.75. The lowest BCUT2D eigenvalue weighted by atomic mass is 10.3. The number of aliphatic hydroxyl groups is 1. The number of hydrogen-bond acceptors (Lipinski definition) is 5. The second-order valence-electron chi connectivity index (χ2n) is 4.45. The molecule has 0 spiro atoms. The first-order valence-electron chi connectivity index (χ1n) is 6.20. The molecule has 0 bridgehead atoms. The Balaban J connectivity index is 1.62. The fraction of sp³-hybridized carbons (Fsp3) is 0.583. The van der Waals surface area contributed by atoms with Gasteiger partial charge in [-0.1, -0.05) is 0 Å². The second kappa shape index (κ2) is 6.42. The Hall–Kier alpha value is -1.53. The average Bonchev–Trinajstić information content (AvgIpc) is 2.81. The zero-order valence-corrected chi connectivity index (χ0v) is 10.2. The van der Waals surface area contributed by atoms with Crippen molar-refractivity contribution in [1.29, 1.82) is 0 Å². The summed E-state index contributed by atoms with van der Waals surface area (Å²) in [4.78, 5) is 21.5. The third kappa shape index (κ3) is 3.75. The minimum absolute atomic E-state index is 0.168. The molecule has 1 aromatic heterocycles. The van der Waals surface area contributed by atoms with Gasteiger partial charge in [-0.15, -0.1) is 0 Å². The van der Waals surface area contributed by atoms with Crippen LogP contribution in [0.4, 0.5) is 0 Å². The standard InChI is InChI=1S/C12H18N4O2/c17-10-3-7-16(8-10)6-1-4-14-12(18)11-2-5-13-9-15-11/h2,5,9-10,17H,1,3-4,6-8H2,(H,14,18). The van der Waals surface area contributed by atoms with Crippen LogP contribution in [0, 0.1) is 0 Å². The molecule has 2 N–H and O–H groups in total. The van der Waals surface area contributed by atoms with Gasteiger partial charge in [0, 0.05) is 25.8 Å². The fourth-order valence-electron chi connectivity index (χ4n) is 2.04. The molecule has 1 aliphatic heterocycles. The monoisotopic (exact) mass is 250 g/mol. The maximum absolute atomic E-state index is 11.6. The van der Waals surface area contributed by atoms with E-state index in [1.807, 2.05) is 0 Å². The van der Waals surface area contributed by atoms with Crippen LogP contribution in [0.5, 0.6) is 0 Å². The van der Waals surface area contributed by atoms with E-state index in [0.717, 1.165) is 32.5 Å². The first kappa shape index (κ1) is 12.9. The maximum Gasteiger partial charge on any atom is 0.270 e. The highest BCUT2D eigenvalue weighted by Gasteiger charge is 2.19. The largest absolute Gasteiger partial charge is 0.392 e. The first-order valence-corrected chi connectivity index (χ1v) is 6.20. The molecular formula is C12H18N4O2. The number of likely N-dealkylation sites (tertiary alicyclic amines) is 1. The van der Waals surface area contributed by atoms with Crippen molar-refractivity contribution in [2.24, 2.45) is 0 Å². The number of nitrogens with one attached hydrogen (secondary N) is 1. The summed E-state index contributed by atoms with van der Waals surface area (Å²) in [6.45, 7) is 3.22. The Morgan fingerprint density at radius 3 is 3.17 bits per heavy atom. The smallest absolute Gasteiger partial charge is 0.270 e. The van der Waals surface area contributed by atoms with Crippen molar-refractivity contribution in [3.05, 3.63) is 24.3 Å². The predicted molar refractivity (Wildman–Crippen MR) is 66.0 cm³/mol. The molecule has 0 aromatic carbocycles. The van der Waals surface area contributed by atoms with E-state index in [4.69, 9.17) is 0 Å². The maximum atomic E-state index is 11.6. The van der Waals surface area contributed by atoms with Crippen LogP contribution in [0.1, 0.15) is 23.3 Å². The van der Waals surface area contributed by atoms with Crippen LogP contribution in [0.3, 0.4) is 0 Å². The lowest BCUT2D eigenvalue weighted by Gasteiger charge is -2.14. The van der Waals surface area contributed by atoms with Crippen molar-refractivity contribution in [2.45, 2.75) is 18.9 Å². The quantitative estimate of drug-likeness (QED) is 0.699. The molecular weight excluding hydrogens is 232 g/mol. The van der Waals surface area contributed by atoms with Crippen molar-refractivity contribution >= 4 is 5.91 Å². The number of rotatable bonds is 5. The SMILES string of the molecule is O=C(NCCCN1CCC(O)C1)c1ccncn1. The van der Waals surface area contributed by atoms with Gasteiger partial charge in [0.05, 0.1) is 6.10 Å². The number of nitrogens with zero attached hydrogens (tertiary/aromatic N) is 3. The molecule has 2 heterocycles. The topological polar surface area (TPSA) is 78.4 Å². The number of aliphatic hydroxyl groups excluding tert-OH is 1. The highest BCUT2D eigenvalue weighted by Crippen LogP contribution is 2.08. The predicted octanol–water partition coefficient (Wildman–Crippen LogP) is -0.337. The Kier molecular flexibility index (Phi) is 4.60. The Labute approximate surface area is 106 Å². The number of amides is 1. The average molecular weight is 250 g/mol. The van der Waals surface area contributed by atoms with Gasteiger partial charge >= 0.3 is 0 Å². The summed E-state index contributed by atoms with van der Waals surface area (Å²) in [7, 11) is 0. The minimum atomic E-state index is -0.180. The molecule has 1 aliphatic rings. The molecule has 0 saturated carbocycles. The molecule has 0 radical (unpaired) electrons. The van der Waals surface area contributed by atoms with E-state index in [-0.39, 0.29) is 12.0 Å². The summed E-state index contributed by atoms with van der Waals surface area (Å²) in [5.41, 5.74) is 0.390. The molecule has 1 atom stereocenters. The number of carbonyl (C=O) groups is 1. The van der Waals surface area contributed by atoms with E-state index < -0.39 is 0 Å². The summed E-state index contributed by atoms with van der Waals surface area (Å²) < 4.78 is 0. The van der Waals surface area contributed by atoms with Crippen molar-refractivity contribution in [3.63, 3.8) is 0 Å². The van der Waals surface area contributed by atoms with Gasteiger partial charge in [0.2, 0.25) is 0 Å². The molecule has 6 nitrogen and oxygen atoms in total. The molecule has 1 aromatic rings. The summed E-state index contributed by atoms with van der Waals surface area (Å²) in [6.07, 6.45) is 4.46. The van der Waals surface area contributed by atoms with Crippen molar-refractivity contribution in [1.82, 2.24) is 20.2 Å². The third-order valence-electron chi connectivity index (χ3n) is 3.00. The van der Waals surface area contributed by atoms with Gasteiger partial charge in [-0.2, -0.15) is 0 Å². The van der Waals surface area contributed by atoms with Crippen LogP contribution >= 0.6 is 0 Å². The van der Waals surface area contributed by atoms with Crippen LogP contribution in [0.2, 0.25) is 0 Å². The summed E-state index contributed by atoms with van der Waals surface area (Å²) in [5, 5.41) is 12.2. The van der Waals surface area contributed by atoms with E-state index in [1.54, 1.807) is 12.3 Å². The number of carbonyl (C=O) groups excluding carboxylic acids is 1. The summed E-state index contributed by atoms with van der Waals surface area (Å²) in [5.74, 6) is -0.168. The van der Waals surface area contributed by atoms with Gasteiger partial charge in [-0.25, -0.2) is 9.97 Å². The minimum Gasteiger partial charge on any atom is -0.392 e. The summed E-state index contributed by atoms with van der Waals surface area (Å²) >= 11 is 0. The Bertz CT molecular complexity index is 385. The molecule has 0 aliphatic carbocycles. The molecule has 1 saturated heterocycles. The Morgan fingerprint density at radius 2 is 2.50 bits per heavy atom. The highest BCUT2D eigenvalue weighted by atomic mass is 16.3. The van der Waals surface area contributed by atoms with Crippen molar-refractivity contribution < 1.29 is 9.90 Å². The lowest BCUT2D eigenvalue weighted by Crippen LogP contribution is -2.29.